The number of hydrogen-bond donors (Lipinski definition) is 1. The molecule has 0 radical (unpaired) electrons. The van der Waals surface area contributed by atoms with Crippen molar-refractivity contribution in [2.24, 2.45) is 0 Å². The molecule has 4 rings (SSSR count). The van der Waals surface area contributed by atoms with Gasteiger partial charge in [0.25, 0.3) is 5.56 Å². The SMILES string of the molecule is COc1cc(OC)c(C(=O)c2ccc(OC)c(OC(=O)CCC(=O)OC[C@@H]3C=C[C@H](n4cc(C)c(=O)[nH]c4=O)O3)c2)cc1OC. The maximum absolute atomic E-state index is 13.4. The Bertz CT molecular complexity index is 1740. The van der Waals surface area contributed by atoms with Crippen LogP contribution >= 0.6 is 0 Å². The third-order valence-electron chi connectivity index (χ3n) is 6.77. The second kappa shape index (κ2) is 14.4. The summed E-state index contributed by atoms with van der Waals surface area (Å²) in [5.74, 6) is -0.763. The fourth-order valence-electron chi connectivity index (χ4n) is 4.40. The predicted molar refractivity (Wildman–Crippen MR) is 157 cm³/mol. The van der Waals surface area contributed by atoms with Crippen molar-refractivity contribution in [1.82, 2.24) is 9.55 Å². The number of aromatic amines is 1. The van der Waals surface area contributed by atoms with E-state index in [9.17, 15) is 24.0 Å². The molecule has 0 saturated heterocycles. The van der Waals surface area contributed by atoms with Gasteiger partial charge in [-0.25, -0.2) is 4.79 Å². The Hall–Kier alpha value is -5.37. The lowest BCUT2D eigenvalue weighted by Gasteiger charge is -2.16. The van der Waals surface area contributed by atoms with Crippen LogP contribution in [0.2, 0.25) is 0 Å². The molecular formula is C31H32N2O12. The summed E-state index contributed by atoms with van der Waals surface area (Å²) in [6.45, 7) is 1.40. The van der Waals surface area contributed by atoms with Gasteiger partial charge in [-0.1, -0.05) is 6.08 Å². The molecular weight excluding hydrogens is 592 g/mol. The van der Waals surface area contributed by atoms with Crippen LogP contribution in [0.15, 0.2) is 58.3 Å². The maximum atomic E-state index is 13.4. The molecule has 3 aromatic rings. The van der Waals surface area contributed by atoms with Gasteiger partial charge in [0, 0.05) is 23.4 Å². The molecule has 45 heavy (non-hydrogen) atoms. The maximum Gasteiger partial charge on any atom is 0.330 e. The summed E-state index contributed by atoms with van der Waals surface area (Å²) in [5.41, 5.74) is -0.428. The zero-order valence-electron chi connectivity index (χ0n) is 25.2. The summed E-state index contributed by atoms with van der Waals surface area (Å²) < 4.78 is 38.8. The van der Waals surface area contributed by atoms with E-state index in [1.54, 1.807) is 19.1 Å². The van der Waals surface area contributed by atoms with E-state index in [1.165, 1.54) is 69.5 Å². The number of esters is 2. The van der Waals surface area contributed by atoms with E-state index in [0.717, 1.165) is 0 Å². The number of carbonyl (C=O) groups is 3. The van der Waals surface area contributed by atoms with Gasteiger partial charge in [0.2, 0.25) is 0 Å². The van der Waals surface area contributed by atoms with E-state index < -0.39 is 41.3 Å². The van der Waals surface area contributed by atoms with Gasteiger partial charge in [-0.05, 0) is 37.3 Å². The number of nitrogens with one attached hydrogen (secondary N) is 1. The molecule has 0 unspecified atom stereocenters. The van der Waals surface area contributed by atoms with Crippen LogP contribution in [-0.2, 0) is 19.1 Å². The summed E-state index contributed by atoms with van der Waals surface area (Å²) in [7, 11) is 5.69. The molecule has 1 aliphatic rings. The molecule has 238 valence electrons. The van der Waals surface area contributed by atoms with Crippen LogP contribution in [0.3, 0.4) is 0 Å². The summed E-state index contributed by atoms with van der Waals surface area (Å²) in [4.78, 5) is 64.2. The summed E-state index contributed by atoms with van der Waals surface area (Å²) in [6.07, 6.45) is 2.57. The van der Waals surface area contributed by atoms with Crippen molar-refractivity contribution < 1.29 is 47.5 Å². The molecule has 0 aliphatic carbocycles. The third kappa shape index (κ3) is 7.59. The number of H-pyrrole nitrogens is 1. The number of carbonyl (C=O) groups excluding carboxylic acids is 3. The molecule has 0 amide bonds. The van der Waals surface area contributed by atoms with Gasteiger partial charge >= 0.3 is 17.6 Å². The van der Waals surface area contributed by atoms with E-state index in [1.807, 2.05) is 0 Å². The Balaban J connectivity index is 1.34. The van der Waals surface area contributed by atoms with E-state index in [0.29, 0.717) is 17.1 Å². The predicted octanol–water partition coefficient (Wildman–Crippen LogP) is 2.49. The van der Waals surface area contributed by atoms with Crippen LogP contribution in [0.1, 0.15) is 40.6 Å². The van der Waals surface area contributed by atoms with Crippen LogP contribution in [0, 0.1) is 6.92 Å². The van der Waals surface area contributed by atoms with Crippen LogP contribution in [-0.4, -0.2) is 68.4 Å². The van der Waals surface area contributed by atoms with Gasteiger partial charge < -0.3 is 33.2 Å². The molecule has 2 atom stereocenters. The number of ketones is 1. The number of nitrogens with zero attached hydrogens (tertiary/aromatic N) is 1. The standard InChI is InChI=1S/C31H32N2O12/c1-17-15-33(31(38)32-30(17)37)26-9-7-19(44-26)16-43-27(34)10-11-28(35)45-25-12-18(6-8-21(25)39-2)29(36)20-13-23(41-4)24(42-5)14-22(20)40-3/h6-9,12-15,19,26H,10-11,16H2,1-5H3,(H,32,37,38)/t19-,26+/m0/s1. The number of aryl methyl sites for hydroxylation is 1. The number of ether oxygens (including phenoxy) is 7. The smallest absolute Gasteiger partial charge is 0.330 e. The molecule has 0 fully saturated rings. The fraction of sp³-hybridized carbons (Fsp3) is 0.323. The number of hydrogen-bond acceptors (Lipinski definition) is 12. The number of aromatic nitrogens is 2. The Labute approximate surface area is 257 Å². The first kappa shape index (κ1) is 32.5. The lowest BCUT2D eigenvalue weighted by Crippen LogP contribution is -2.33. The molecule has 0 spiro atoms. The highest BCUT2D eigenvalue weighted by atomic mass is 16.6. The van der Waals surface area contributed by atoms with Crippen molar-refractivity contribution in [2.75, 3.05) is 35.0 Å². The van der Waals surface area contributed by atoms with Crippen molar-refractivity contribution in [2.45, 2.75) is 32.1 Å². The second-order valence-corrected chi connectivity index (χ2v) is 9.69. The van der Waals surface area contributed by atoms with Crippen LogP contribution in [0.5, 0.6) is 28.7 Å². The van der Waals surface area contributed by atoms with Gasteiger partial charge in [-0.15, -0.1) is 0 Å². The van der Waals surface area contributed by atoms with E-state index in [-0.39, 0.29) is 47.8 Å². The molecule has 2 aromatic carbocycles. The second-order valence-electron chi connectivity index (χ2n) is 9.69. The fourth-order valence-corrected chi connectivity index (χ4v) is 4.40. The minimum atomic E-state index is -0.780. The lowest BCUT2D eigenvalue weighted by molar-refractivity contribution is -0.150. The molecule has 14 nitrogen and oxygen atoms in total. The molecule has 1 N–H and O–H groups in total. The number of rotatable bonds is 13. The van der Waals surface area contributed by atoms with E-state index in [2.05, 4.69) is 4.98 Å². The Morgan fingerprint density at radius 2 is 1.49 bits per heavy atom. The quantitative estimate of drug-likeness (QED) is 0.128. The first-order chi connectivity index (χ1) is 21.6. The zero-order chi connectivity index (χ0) is 32.7. The minimum Gasteiger partial charge on any atom is -0.496 e. The molecule has 14 heteroatoms. The summed E-state index contributed by atoms with van der Waals surface area (Å²) >= 11 is 0. The Morgan fingerprint density at radius 1 is 0.822 bits per heavy atom. The van der Waals surface area contributed by atoms with Crippen molar-refractivity contribution >= 4 is 17.7 Å². The Kier molecular flexibility index (Phi) is 10.4. The average Bonchev–Trinajstić information content (AvgIpc) is 3.52. The zero-order valence-corrected chi connectivity index (χ0v) is 25.2. The molecule has 1 aliphatic heterocycles. The topological polar surface area (TPSA) is 171 Å². The van der Waals surface area contributed by atoms with Crippen LogP contribution in [0.25, 0.3) is 0 Å². The van der Waals surface area contributed by atoms with Gasteiger partial charge in [0.1, 0.15) is 18.5 Å². The summed E-state index contributed by atoms with van der Waals surface area (Å²) in [6, 6.07) is 7.34. The first-order valence-electron chi connectivity index (χ1n) is 13.6. The largest absolute Gasteiger partial charge is 0.496 e. The van der Waals surface area contributed by atoms with Gasteiger partial charge in [-0.2, -0.15) is 0 Å². The monoisotopic (exact) mass is 624 g/mol. The van der Waals surface area contributed by atoms with Crippen molar-refractivity contribution in [1.29, 1.82) is 0 Å². The highest BCUT2D eigenvalue weighted by molar-refractivity contribution is 6.11. The minimum absolute atomic E-state index is 0.0237. The highest BCUT2D eigenvalue weighted by Gasteiger charge is 2.24. The number of methoxy groups -OCH3 is 4. The third-order valence-corrected chi connectivity index (χ3v) is 6.77. The van der Waals surface area contributed by atoms with Crippen molar-refractivity contribution in [3.63, 3.8) is 0 Å². The summed E-state index contributed by atoms with van der Waals surface area (Å²) in [5, 5.41) is 0. The van der Waals surface area contributed by atoms with Crippen molar-refractivity contribution in [3.05, 3.63) is 86.2 Å². The van der Waals surface area contributed by atoms with Crippen LogP contribution < -0.4 is 34.9 Å². The highest BCUT2D eigenvalue weighted by Crippen LogP contribution is 2.37. The van der Waals surface area contributed by atoms with Gasteiger partial charge in [0.05, 0.1) is 46.8 Å². The van der Waals surface area contributed by atoms with E-state index in [4.69, 9.17) is 33.2 Å². The molecule has 2 heterocycles. The number of benzene rings is 2. The van der Waals surface area contributed by atoms with Gasteiger partial charge in [0.15, 0.2) is 35.0 Å². The normalized spacial score (nSPS) is 15.3. The Morgan fingerprint density at radius 3 is 2.18 bits per heavy atom. The van der Waals surface area contributed by atoms with E-state index >= 15 is 0 Å². The molecule has 0 bridgehead atoms. The first-order valence-corrected chi connectivity index (χ1v) is 13.6. The lowest BCUT2D eigenvalue weighted by atomic mass is 10.0. The van der Waals surface area contributed by atoms with Crippen LogP contribution in [0.4, 0.5) is 0 Å². The molecule has 1 aromatic heterocycles. The van der Waals surface area contributed by atoms with Crippen molar-refractivity contribution in [3.8, 4) is 28.7 Å². The average molecular weight is 625 g/mol. The van der Waals surface area contributed by atoms with Gasteiger partial charge in [-0.3, -0.25) is 28.7 Å². The molecule has 0 saturated carbocycles.